The number of amides is 1. The summed E-state index contributed by atoms with van der Waals surface area (Å²) in [5, 5.41) is 10.4. The predicted octanol–water partition coefficient (Wildman–Crippen LogP) is 1.53. The molecule has 0 saturated carbocycles. The maximum absolute atomic E-state index is 12.1. The number of nitrogens with one attached hydrogen (secondary N) is 1. The van der Waals surface area contributed by atoms with E-state index in [1.807, 2.05) is 36.4 Å². The molecule has 1 N–H and O–H groups in total. The molecular weight excluding hydrogens is 376 g/mol. The van der Waals surface area contributed by atoms with Gasteiger partial charge in [0, 0.05) is 6.54 Å². The van der Waals surface area contributed by atoms with Crippen LogP contribution in [0.4, 0.5) is 0 Å². The van der Waals surface area contributed by atoms with E-state index in [0.29, 0.717) is 18.0 Å². The van der Waals surface area contributed by atoms with Crippen molar-refractivity contribution in [2.24, 2.45) is 0 Å². The van der Waals surface area contributed by atoms with Crippen molar-refractivity contribution in [1.29, 1.82) is 0 Å². The number of benzene rings is 2. The molecule has 0 fully saturated rings. The van der Waals surface area contributed by atoms with Gasteiger partial charge in [0.15, 0.2) is 23.8 Å². The Hall–Kier alpha value is -3.88. The first-order valence-corrected chi connectivity index (χ1v) is 8.94. The van der Waals surface area contributed by atoms with E-state index >= 15 is 0 Å². The third kappa shape index (κ3) is 4.70. The van der Waals surface area contributed by atoms with Gasteiger partial charge in [-0.2, -0.15) is 0 Å². The number of nitrogens with zero attached hydrogens (tertiary/aromatic N) is 3. The zero-order valence-electron chi connectivity index (χ0n) is 15.4. The quantitative estimate of drug-likeness (QED) is 0.606. The summed E-state index contributed by atoms with van der Waals surface area (Å²) in [4.78, 5) is 24.0. The third-order valence-electron chi connectivity index (χ3n) is 4.20. The summed E-state index contributed by atoms with van der Waals surface area (Å²) in [6.07, 6.45) is 1.49. The number of carbonyl (C=O) groups excluding carboxylic acids is 2. The fraction of sp³-hybridized carbons (Fsp3) is 0.200. The minimum atomic E-state index is -0.706. The largest absolute Gasteiger partial charge is 0.454 e. The molecule has 0 bridgehead atoms. The SMILES string of the molecule is O=C(COC(=O)c1cn(Cc2ccccc2)nn1)NCc1ccc2c(c1)OCO2. The number of ether oxygens (including phenoxy) is 3. The lowest BCUT2D eigenvalue weighted by atomic mass is 10.2. The van der Waals surface area contributed by atoms with Gasteiger partial charge in [-0.1, -0.05) is 41.6 Å². The van der Waals surface area contributed by atoms with Crippen LogP contribution in [0.2, 0.25) is 0 Å². The highest BCUT2D eigenvalue weighted by Gasteiger charge is 2.16. The normalized spacial score (nSPS) is 11.9. The van der Waals surface area contributed by atoms with Crippen LogP contribution in [0.1, 0.15) is 21.6 Å². The minimum absolute atomic E-state index is 0.0458. The Morgan fingerprint density at radius 1 is 1.07 bits per heavy atom. The first-order chi connectivity index (χ1) is 14.2. The van der Waals surface area contributed by atoms with Crippen molar-refractivity contribution < 1.29 is 23.8 Å². The molecule has 9 heteroatoms. The second-order valence-electron chi connectivity index (χ2n) is 6.33. The lowest BCUT2D eigenvalue weighted by Gasteiger charge is -2.06. The fourth-order valence-corrected chi connectivity index (χ4v) is 2.75. The van der Waals surface area contributed by atoms with Crippen molar-refractivity contribution >= 4 is 11.9 Å². The maximum Gasteiger partial charge on any atom is 0.361 e. The molecule has 1 aliphatic heterocycles. The number of fused-ring (bicyclic) bond motifs is 1. The smallest absolute Gasteiger partial charge is 0.361 e. The Kier molecular flexibility index (Phi) is 5.37. The summed E-state index contributed by atoms with van der Waals surface area (Å²) in [5.74, 6) is 0.186. The van der Waals surface area contributed by atoms with Gasteiger partial charge in [-0.15, -0.1) is 5.10 Å². The van der Waals surface area contributed by atoms with E-state index in [2.05, 4.69) is 15.6 Å². The van der Waals surface area contributed by atoms with Gasteiger partial charge < -0.3 is 19.5 Å². The molecule has 0 unspecified atom stereocenters. The molecule has 1 aliphatic rings. The van der Waals surface area contributed by atoms with Gasteiger partial charge in [-0.25, -0.2) is 9.48 Å². The van der Waals surface area contributed by atoms with E-state index < -0.39 is 18.5 Å². The van der Waals surface area contributed by atoms with Gasteiger partial charge in [0.1, 0.15) is 0 Å². The average Bonchev–Trinajstić information content (AvgIpc) is 3.40. The van der Waals surface area contributed by atoms with Gasteiger partial charge in [-0.05, 0) is 23.3 Å². The Morgan fingerprint density at radius 2 is 1.90 bits per heavy atom. The van der Waals surface area contributed by atoms with Crippen LogP contribution in [-0.4, -0.2) is 40.3 Å². The molecule has 0 radical (unpaired) electrons. The van der Waals surface area contributed by atoms with Crippen LogP contribution < -0.4 is 14.8 Å². The van der Waals surface area contributed by atoms with Gasteiger partial charge in [0.05, 0.1) is 12.7 Å². The van der Waals surface area contributed by atoms with Crippen molar-refractivity contribution in [2.45, 2.75) is 13.1 Å². The van der Waals surface area contributed by atoms with Crippen LogP contribution in [0.5, 0.6) is 11.5 Å². The monoisotopic (exact) mass is 394 g/mol. The molecule has 0 aliphatic carbocycles. The first-order valence-electron chi connectivity index (χ1n) is 8.94. The average molecular weight is 394 g/mol. The lowest BCUT2D eigenvalue weighted by Crippen LogP contribution is -2.28. The highest BCUT2D eigenvalue weighted by Crippen LogP contribution is 2.32. The van der Waals surface area contributed by atoms with Crippen LogP contribution in [0, 0.1) is 0 Å². The Morgan fingerprint density at radius 3 is 2.76 bits per heavy atom. The molecule has 0 atom stereocenters. The Labute approximate surface area is 166 Å². The zero-order valence-corrected chi connectivity index (χ0v) is 15.4. The highest BCUT2D eigenvalue weighted by molar-refractivity contribution is 5.89. The molecule has 29 heavy (non-hydrogen) atoms. The van der Waals surface area contributed by atoms with E-state index in [0.717, 1.165) is 11.1 Å². The Balaban J connectivity index is 1.23. The van der Waals surface area contributed by atoms with Crippen LogP contribution in [0.25, 0.3) is 0 Å². The molecule has 2 aromatic carbocycles. The van der Waals surface area contributed by atoms with Gasteiger partial charge >= 0.3 is 5.97 Å². The van der Waals surface area contributed by atoms with Gasteiger partial charge in [0.25, 0.3) is 5.91 Å². The van der Waals surface area contributed by atoms with Crippen LogP contribution in [0.3, 0.4) is 0 Å². The molecule has 1 amide bonds. The summed E-state index contributed by atoms with van der Waals surface area (Å²) in [6.45, 7) is 0.545. The summed E-state index contributed by atoms with van der Waals surface area (Å²) < 4.78 is 17.1. The second kappa shape index (κ2) is 8.42. The summed E-state index contributed by atoms with van der Waals surface area (Å²) >= 11 is 0. The predicted molar refractivity (Wildman–Crippen MR) is 100 cm³/mol. The van der Waals surface area contributed by atoms with Crippen LogP contribution in [0.15, 0.2) is 54.7 Å². The van der Waals surface area contributed by atoms with Crippen LogP contribution >= 0.6 is 0 Å². The lowest BCUT2D eigenvalue weighted by molar-refractivity contribution is -0.124. The molecule has 148 valence electrons. The molecule has 4 rings (SSSR count). The molecular formula is C20H18N4O5. The van der Waals surface area contributed by atoms with E-state index in [1.54, 1.807) is 12.1 Å². The number of aromatic nitrogens is 3. The van der Waals surface area contributed by atoms with Crippen LogP contribution in [-0.2, 0) is 22.6 Å². The van der Waals surface area contributed by atoms with Crippen molar-refractivity contribution in [3.05, 3.63) is 71.5 Å². The van der Waals surface area contributed by atoms with E-state index in [-0.39, 0.29) is 19.0 Å². The van der Waals surface area contributed by atoms with Crippen molar-refractivity contribution in [3.63, 3.8) is 0 Å². The number of hydrogen-bond acceptors (Lipinski definition) is 7. The van der Waals surface area contributed by atoms with Crippen molar-refractivity contribution in [2.75, 3.05) is 13.4 Å². The molecule has 2 heterocycles. The Bertz CT molecular complexity index is 1020. The second-order valence-corrected chi connectivity index (χ2v) is 6.33. The number of esters is 1. The maximum atomic E-state index is 12.1. The summed E-state index contributed by atoms with van der Waals surface area (Å²) in [5.41, 5.74) is 1.92. The molecule has 1 aromatic heterocycles. The summed E-state index contributed by atoms with van der Waals surface area (Å²) in [7, 11) is 0. The third-order valence-corrected chi connectivity index (χ3v) is 4.20. The molecule has 0 spiro atoms. The summed E-state index contributed by atoms with van der Waals surface area (Å²) in [6, 6.07) is 15.1. The first kappa shape index (κ1) is 18.5. The van der Waals surface area contributed by atoms with Gasteiger partial charge in [-0.3, -0.25) is 4.79 Å². The zero-order chi connectivity index (χ0) is 20.1. The number of rotatable bonds is 7. The molecule has 3 aromatic rings. The molecule has 0 saturated heterocycles. The van der Waals surface area contributed by atoms with E-state index in [1.165, 1.54) is 10.9 Å². The minimum Gasteiger partial charge on any atom is -0.454 e. The standard InChI is InChI=1S/C20H18N4O5/c25-19(21-9-15-6-7-17-18(8-15)29-13-28-17)12-27-20(26)16-11-24(23-22-16)10-14-4-2-1-3-5-14/h1-8,11H,9-10,12-13H2,(H,21,25). The fourth-order valence-electron chi connectivity index (χ4n) is 2.75. The van der Waals surface area contributed by atoms with Gasteiger partial charge in [0.2, 0.25) is 6.79 Å². The molecule has 9 nitrogen and oxygen atoms in total. The topological polar surface area (TPSA) is 105 Å². The number of hydrogen-bond donors (Lipinski definition) is 1. The van der Waals surface area contributed by atoms with Crippen molar-refractivity contribution in [3.8, 4) is 11.5 Å². The number of carbonyl (C=O) groups is 2. The van der Waals surface area contributed by atoms with Crippen molar-refractivity contribution in [1.82, 2.24) is 20.3 Å². The van der Waals surface area contributed by atoms with E-state index in [4.69, 9.17) is 14.2 Å². The van der Waals surface area contributed by atoms with E-state index in [9.17, 15) is 9.59 Å². The highest BCUT2D eigenvalue weighted by atomic mass is 16.7.